The third-order valence-corrected chi connectivity index (χ3v) is 6.00. The van der Waals surface area contributed by atoms with Crippen molar-refractivity contribution in [2.45, 2.75) is 117 Å². The molecule has 1 aliphatic rings. The van der Waals surface area contributed by atoms with Crippen molar-refractivity contribution in [3.8, 4) is 0 Å². The van der Waals surface area contributed by atoms with E-state index in [2.05, 4.69) is 20.8 Å². The van der Waals surface area contributed by atoms with Crippen molar-refractivity contribution in [2.75, 3.05) is 13.2 Å². The molecule has 4 heteroatoms. The molecule has 0 aromatic heterocycles. The summed E-state index contributed by atoms with van der Waals surface area (Å²) in [6.45, 7) is 7.69. The van der Waals surface area contributed by atoms with Crippen molar-refractivity contribution in [1.82, 2.24) is 0 Å². The second-order valence-corrected chi connectivity index (χ2v) is 9.26. The van der Waals surface area contributed by atoms with Crippen molar-refractivity contribution in [2.24, 2.45) is 17.8 Å². The maximum Gasteiger partial charge on any atom is 0.308 e. The zero-order valence-corrected chi connectivity index (χ0v) is 19.4. The molecule has 0 heterocycles. The van der Waals surface area contributed by atoms with E-state index >= 15 is 0 Å². The highest BCUT2D eigenvalue weighted by Crippen LogP contribution is 2.31. The van der Waals surface area contributed by atoms with Crippen LogP contribution in [-0.2, 0) is 19.1 Å². The molecule has 1 fully saturated rings. The molecule has 4 nitrogen and oxygen atoms in total. The average Bonchev–Trinajstić information content (AvgIpc) is 2.71. The lowest BCUT2D eigenvalue weighted by atomic mass is 9.81. The van der Waals surface area contributed by atoms with Crippen LogP contribution in [0.25, 0.3) is 0 Å². The van der Waals surface area contributed by atoms with E-state index in [1.807, 2.05) is 0 Å². The first-order chi connectivity index (χ1) is 14.0. The van der Waals surface area contributed by atoms with Gasteiger partial charge < -0.3 is 9.47 Å². The number of hydrogen-bond acceptors (Lipinski definition) is 4. The monoisotopic (exact) mass is 410 g/mol. The normalized spacial score (nSPS) is 19.3. The molecule has 29 heavy (non-hydrogen) atoms. The van der Waals surface area contributed by atoms with E-state index in [9.17, 15) is 9.59 Å². The Kier molecular flexibility index (Phi) is 15.0. The smallest absolute Gasteiger partial charge is 0.308 e. The minimum atomic E-state index is -0.127. The van der Waals surface area contributed by atoms with Gasteiger partial charge in [0.15, 0.2) is 0 Å². The van der Waals surface area contributed by atoms with Crippen LogP contribution >= 0.6 is 0 Å². The molecule has 2 unspecified atom stereocenters. The van der Waals surface area contributed by atoms with Gasteiger partial charge in [0.1, 0.15) is 0 Å². The summed E-state index contributed by atoms with van der Waals surface area (Å²) in [6, 6.07) is 0. The fraction of sp³-hybridized carbons (Fsp3) is 0.920. The molecule has 1 rings (SSSR count). The molecule has 0 aromatic rings. The van der Waals surface area contributed by atoms with Crippen molar-refractivity contribution in [3.63, 3.8) is 0 Å². The van der Waals surface area contributed by atoms with Crippen LogP contribution in [0, 0.1) is 17.8 Å². The molecule has 0 N–H and O–H groups in total. The summed E-state index contributed by atoms with van der Waals surface area (Å²) in [5, 5.41) is 0. The van der Waals surface area contributed by atoms with E-state index in [-0.39, 0.29) is 23.8 Å². The Morgan fingerprint density at radius 2 is 1.24 bits per heavy atom. The number of unbranched alkanes of at least 4 members (excludes halogenated alkanes) is 8. The van der Waals surface area contributed by atoms with Gasteiger partial charge in [0.25, 0.3) is 0 Å². The fourth-order valence-electron chi connectivity index (χ4n) is 4.06. The van der Waals surface area contributed by atoms with Crippen molar-refractivity contribution in [3.05, 3.63) is 0 Å². The summed E-state index contributed by atoms with van der Waals surface area (Å²) in [6.07, 6.45) is 16.5. The molecule has 0 radical (unpaired) electrons. The van der Waals surface area contributed by atoms with E-state index in [1.165, 1.54) is 44.9 Å². The van der Waals surface area contributed by atoms with Gasteiger partial charge in [-0.05, 0) is 38.0 Å². The maximum absolute atomic E-state index is 12.3. The van der Waals surface area contributed by atoms with E-state index in [1.54, 1.807) is 0 Å². The Bertz CT molecular complexity index is 433. The van der Waals surface area contributed by atoms with Gasteiger partial charge in [-0.1, -0.05) is 85.0 Å². The predicted molar refractivity (Wildman–Crippen MR) is 119 cm³/mol. The molecule has 0 aromatic carbocycles. The van der Waals surface area contributed by atoms with Gasteiger partial charge in [-0.15, -0.1) is 0 Å². The molecule has 0 bridgehead atoms. The SMILES string of the molecule is CCCCOC(=O)C1CCCC(C(=O)OCCCCCCCCCCC(C)C)C1. The Morgan fingerprint density at radius 3 is 1.76 bits per heavy atom. The summed E-state index contributed by atoms with van der Waals surface area (Å²) in [7, 11) is 0. The largest absolute Gasteiger partial charge is 0.465 e. The summed E-state index contributed by atoms with van der Waals surface area (Å²) in [4.78, 5) is 24.5. The second-order valence-electron chi connectivity index (χ2n) is 9.26. The molecule has 1 saturated carbocycles. The first kappa shape index (κ1) is 26.0. The number of esters is 2. The lowest BCUT2D eigenvalue weighted by Crippen LogP contribution is -2.30. The highest BCUT2D eigenvalue weighted by atomic mass is 16.5. The molecule has 0 aliphatic heterocycles. The van der Waals surface area contributed by atoms with Gasteiger partial charge in [0.2, 0.25) is 0 Å². The van der Waals surface area contributed by atoms with Gasteiger partial charge in [-0.3, -0.25) is 9.59 Å². The first-order valence-electron chi connectivity index (χ1n) is 12.4. The molecular formula is C25H46O4. The Hall–Kier alpha value is -1.06. The summed E-state index contributed by atoms with van der Waals surface area (Å²) in [5.41, 5.74) is 0. The Morgan fingerprint density at radius 1 is 0.759 bits per heavy atom. The van der Waals surface area contributed by atoms with Crippen LogP contribution in [0.2, 0.25) is 0 Å². The first-order valence-corrected chi connectivity index (χ1v) is 12.4. The van der Waals surface area contributed by atoms with Crippen LogP contribution in [0.4, 0.5) is 0 Å². The standard InChI is InChI=1S/C25H46O4/c1-4-5-18-28-24(26)22-16-14-17-23(20-22)25(27)29-19-13-11-9-7-6-8-10-12-15-21(2)3/h21-23H,4-20H2,1-3H3. The molecule has 0 spiro atoms. The number of carbonyl (C=O) groups is 2. The minimum Gasteiger partial charge on any atom is -0.465 e. The fourth-order valence-corrected chi connectivity index (χ4v) is 4.06. The van der Waals surface area contributed by atoms with Crippen LogP contribution < -0.4 is 0 Å². The lowest BCUT2D eigenvalue weighted by molar-refractivity contribution is -0.155. The zero-order chi connectivity index (χ0) is 21.3. The zero-order valence-electron chi connectivity index (χ0n) is 19.4. The lowest BCUT2D eigenvalue weighted by Gasteiger charge is -2.26. The van der Waals surface area contributed by atoms with E-state index in [0.717, 1.165) is 50.9 Å². The molecule has 0 saturated heterocycles. The van der Waals surface area contributed by atoms with Crippen LogP contribution in [0.1, 0.15) is 117 Å². The predicted octanol–water partition coefficient (Wildman–Crippen LogP) is 6.85. The van der Waals surface area contributed by atoms with Gasteiger partial charge in [-0.25, -0.2) is 0 Å². The molecule has 0 amide bonds. The third kappa shape index (κ3) is 13.0. The Balaban J connectivity index is 2.03. The third-order valence-electron chi connectivity index (χ3n) is 6.00. The number of hydrogen-bond donors (Lipinski definition) is 0. The topological polar surface area (TPSA) is 52.6 Å². The maximum atomic E-state index is 12.3. The number of rotatable bonds is 16. The molecule has 170 valence electrons. The number of carbonyl (C=O) groups excluding carboxylic acids is 2. The molecular weight excluding hydrogens is 364 g/mol. The second kappa shape index (κ2) is 16.7. The summed E-state index contributed by atoms with van der Waals surface area (Å²) in [5.74, 6) is 0.343. The summed E-state index contributed by atoms with van der Waals surface area (Å²) < 4.78 is 10.8. The minimum absolute atomic E-state index is 0.110. The quantitative estimate of drug-likeness (QED) is 0.206. The molecule has 2 atom stereocenters. The van der Waals surface area contributed by atoms with Gasteiger partial charge >= 0.3 is 11.9 Å². The number of ether oxygens (including phenoxy) is 2. The van der Waals surface area contributed by atoms with Gasteiger partial charge in [-0.2, -0.15) is 0 Å². The average molecular weight is 411 g/mol. The van der Waals surface area contributed by atoms with Crippen molar-refractivity contribution >= 4 is 11.9 Å². The van der Waals surface area contributed by atoms with Crippen LogP contribution in [0.5, 0.6) is 0 Å². The van der Waals surface area contributed by atoms with Crippen LogP contribution in [-0.4, -0.2) is 25.2 Å². The van der Waals surface area contributed by atoms with E-state index in [0.29, 0.717) is 19.6 Å². The Labute approximate surface area is 179 Å². The highest BCUT2D eigenvalue weighted by Gasteiger charge is 2.32. The van der Waals surface area contributed by atoms with Gasteiger partial charge in [0, 0.05) is 0 Å². The highest BCUT2D eigenvalue weighted by molar-refractivity contribution is 5.76. The van der Waals surface area contributed by atoms with E-state index < -0.39 is 0 Å². The molecule has 1 aliphatic carbocycles. The summed E-state index contributed by atoms with van der Waals surface area (Å²) >= 11 is 0. The van der Waals surface area contributed by atoms with E-state index in [4.69, 9.17) is 9.47 Å². The van der Waals surface area contributed by atoms with Crippen LogP contribution in [0.3, 0.4) is 0 Å². The van der Waals surface area contributed by atoms with Gasteiger partial charge in [0.05, 0.1) is 25.0 Å². The van der Waals surface area contributed by atoms with Crippen LogP contribution in [0.15, 0.2) is 0 Å². The van der Waals surface area contributed by atoms with Crippen molar-refractivity contribution in [1.29, 1.82) is 0 Å². The van der Waals surface area contributed by atoms with Crippen molar-refractivity contribution < 1.29 is 19.1 Å².